The average Bonchev–Trinajstić information content (AvgIpc) is 2.72. The number of carboxylic acid groups (broad SMARTS) is 1. The number of carbonyl (C=O) groups is 1. The van der Waals surface area contributed by atoms with E-state index in [4.69, 9.17) is 5.11 Å². The Balaban J connectivity index is 2.69. The van der Waals surface area contributed by atoms with Gasteiger partial charge in [0.2, 0.25) is 0 Å². The number of fused-ring (bicyclic) bond motifs is 1. The molecule has 2 aromatic heterocycles. The first-order valence-corrected chi connectivity index (χ1v) is 5.77. The summed E-state index contributed by atoms with van der Waals surface area (Å²) in [7, 11) is 0. The van der Waals surface area contributed by atoms with E-state index in [1.54, 1.807) is 12.1 Å². The summed E-state index contributed by atoms with van der Waals surface area (Å²) in [5.74, 6) is -0.0497. The highest BCUT2D eigenvalue weighted by molar-refractivity contribution is 5.89. The van der Waals surface area contributed by atoms with Crippen molar-refractivity contribution in [2.24, 2.45) is 0 Å². The van der Waals surface area contributed by atoms with Crippen LogP contribution in [0, 0.1) is 0 Å². The molecule has 0 atom stereocenters. The Hall–Kier alpha value is -1.91. The normalized spacial score (nSPS) is 10.9. The summed E-state index contributed by atoms with van der Waals surface area (Å²) in [4.78, 5) is 11.0. The first-order valence-electron chi connectivity index (χ1n) is 5.77. The number of hydrogen-bond donors (Lipinski definition) is 1. The van der Waals surface area contributed by atoms with Crippen molar-refractivity contribution >= 4 is 11.6 Å². The van der Waals surface area contributed by atoms with Crippen LogP contribution in [0.15, 0.2) is 12.1 Å². The summed E-state index contributed by atoms with van der Waals surface area (Å²) in [5.41, 5.74) is 1.85. The second-order valence-corrected chi connectivity index (χ2v) is 3.95. The van der Waals surface area contributed by atoms with Gasteiger partial charge in [-0.2, -0.15) is 0 Å². The minimum Gasteiger partial charge on any atom is -0.478 e. The smallest absolute Gasteiger partial charge is 0.335 e. The molecule has 2 rings (SSSR count). The largest absolute Gasteiger partial charge is 0.478 e. The van der Waals surface area contributed by atoms with E-state index in [1.165, 1.54) is 0 Å². The number of rotatable bonds is 4. The molecule has 17 heavy (non-hydrogen) atoms. The van der Waals surface area contributed by atoms with Crippen molar-refractivity contribution in [1.29, 1.82) is 0 Å². The number of aromatic carboxylic acids is 1. The molecule has 0 radical (unpaired) electrons. The van der Waals surface area contributed by atoms with E-state index in [-0.39, 0.29) is 5.56 Å². The van der Waals surface area contributed by atoms with E-state index in [2.05, 4.69) is 17.1 Å². The maximum absolute atomic E-state index is 11.0. The Morgan fingerprint density at radius 1 is 1.35 bits per heavy atom. The van der Waals surface area contributed by atoms with Gasteiger partial charge in [0.1, 0.15) is 5.82 Å². The van der Waals surface area contributed by atoms with E-state index in [0.717, 1.165) is 30.8 Å². The fourth-order valence-electron chi connectivity index (χ4n) is 1.95. The maximum atomic E-state index is 11.0. The lowest BCUT2D eigenvalue weighted by molar-refractivity contribution is 0.0696. The molecule has 0 aliphatic rings. The number of nitrogens with zero attached hydrogens (tertiary/aromatic N) is 3. The summed E-state index contributed by atoms with van der Waals surface area (Å²) in [6.45, 7) is 4.08. The van der Waals surface area contributed by atoms with Crippen LogP contribution < -0.4 is 0 Å². The molecule has 1 N–H and O–H groups in total. The van der Waals surface area contributed by atoms with Crippen LogP contribution in [0.3, 0.4) is 0 Å². The summed E-state index contributed by atoms with van der Waals surface area (Å²) in [6.07, 6.45) is 2.56. The summed E-state index contributed by atoms with van der Waals surface area (Å²) >= 11 is 0. The standard InChI is InChI=1S/C12H15N3O2/c1-3-5-9-6-8(12(16)17)7-11-14-13-10(4-2)15(9)11/h6-7H,3-5H2,1-2H3,(H,16,17). The third kappa shape index (κ3) is 2.00. The number of aromatic nitrogens is 3. The Kier molecular flexibility index (Phi) is 3.08. The number of carboxylic acids is 1. The van der Waals surface area contributed by atoms with E-state index >= 15 is 0 Å². The molecular weight excluding hydrogens is 218 g/mol. The maximum Gasteiger partial charge on any atom is 0.335 e. The quantitative estimate of drug-likeness (QED) is 0.876. The van der Waals surface area contributed by atoms with Gasteiger partial charge >= 0.3 is 5.97 Å². The van der Waals surface area contributed by atoms with Crippen LogP contribution in [0.25, 0.3) is 5.65 Å². The lowest BCUT2D eigenvalue weighted by atomic mass is 10.1. The van der Waals surface area contributed by atoms with Gasteiger partial charge in [0.05, 0.1) is 5.56 Å². The molecule has 0 amide bonds. The highest BCUT2D eigenvalue weighted by Gasteiger charge is 2.12. The number of hydrogen-bond acceptors (Lipinski definition) is 3. The molecular formula is C12H15N3O2. The fraction of sp³-hybridized carbons (Fsp3) is 0.417. The molecule has 0 spiro atoms. The predicted octanol–water partition coefficient (Wildman–Crippen LogP) is 1.94. The molecule has 0 aliphatic heterocycles. The third-order valence-electron chi connectivity index (χ3n) is 2.72. The highest BCUT2D eigenvalue weighted by atomic mass is 16.4. The Morgan fingerprint density at radius 3 is 2.71 bits per heavy atom. The molecule has 0 unspecified atom stereocenters. The van der Waals surface area contributed by atoms with Gasteiger partial charge in [0.25, 0.3) is 0 Å². The summed E-state index contributed by atoms with van der Waals surface area (Å²) in [5, 5.41) is 17.1. The molecule has 2 aromatic rings. The minimum atomic E-state index is -0.925. The topological polar surface area (TPSA) is 67.5 Å². The Morgan fingerprint density at radius 2 is 2.12 bits per heavy atom. The van der Waals surface area contributed by atoms with Crippen LogP contribution >= 0.6 is 0 Å². The van der Waals surface area contributed by atoms with Crippen molar-refractivity contribution in [2.45, 2.75) is 33.1 Å². The van der Waals surface area contributed by atoms with Gasteiger partial charge in [-0.1, -0.05) is 20.3 Å². The van der Waals surface area contributed by atoms with Gasteiger partial charge in [-0.05, 0) is 18.6 Å². The monoisotopic (exact) mass is 233 g/mol. The molecule has 0 aromatic carbocycles. The first kappa shape index (κ1) is 11.6. The molecule has 2 heterocycles. The first-order chi connectivity index (χ1) is 8.17. The van der Waals surface area contributed by atoms with Crippen molar-refractivity contribution in [3.8, 4) is 0 Å². The van der Waals surface area contributed by atoms with Crippen molar-refractivity contribution in [3.63, 3.8) is 0 Å². The molecule has 5 nitrogen and oxygen atoms in total. The predicted molar refractivity (Wildman–Crippen MR) is 63.3 cm³/mol. The minimum absolute atomic E-state index is 0.274. The lowest BCUT2D eigenvalue weighted by Crippen LogP contribution is -2.05. The van der Waals surface area contributed by atoms with Crippen LogP contribution in [-0.2, 0) is 12.8 Å². The second kappa shape index (κ2) is 4.53. The SMILES string of the molecule is CCCc1cc(C(=O)O)cc2nnc(CC)n12. The van der Waals surface area contributed by atoms with Crippen LogP contribution in [-0.4, -0.2) is 25.7 Å². The zero-order chi connectivity index (χ0) is 12.4. The highest BCUT2D eigenvalue weighted by Crippen LogP contribution is 2.14. The number of pyridine rings is 1. The second-order valence-electron chi connectivity index (χ2n) is 3.95. The molecule has 0 aliphatic carbocycles. The zero-order valence-electron chi connectivity index (χ0n) is 9.97. The lowest BCUT2D eigenvalue weighted by Gasteiger charge is -2.07. The average molecular weight is 233 g/mol. The van der Waals surface area contributed by atoms with Crippen molar-refractivity contribution in [1.82, 2.24) is 14.6 Å². The van der Waals surface area contributed by atoms with E-state index < -0.39 is 5.97 Å². The third-order valence-corrected chi connectivity index (χ3v) is 2.72. The van der Waals surface area contributed by atoms with Crippen LogP contribution in [0.1, 0.15) is 42.1 Å². The summed E-state index contributed by atoms with van der Waals surface area (Å²) < 4.78 is 1.95. The van der Waals surface area contributed by atoms with Gasteiger partial charge in [0, 0.05) is 12.1 Å². The Bertz CT molecular complexity index is 560. The van der Waals surface area contributed by atoms with Gasteiger partial charge in [-0.25, -0.2) is 4.79 Å². The fourth-order valence-corrected chi connectivity index (χ4v) is 1.95. The van der Waals surface area contributed by atoms with Crippen molar-refractivity contribution in [2.75, 3.05) is 0 Å². The van der Waals surface area contributed by atoms with Gasteiger partial charge in [-0.3, -0.25) is 4.40 Å². The van der Waals surface area contributed by atoms with E-state index in [0.29, 0.717) is 5.65 Å². The molecule has 5 heteroatoms. The van der Waals surface area contributed by atoms with E-state index in [1.807, 2.05) is 11.3 Å². The van der Waals surface area contributed by atoms with Gasteiger partial charge in [-0.15, -0.1) is 10.2 Å². The van der Waals surface area contributed by atoms with Crippen molar-refractivity contribution < 1.29 is 9.90 Å². The van der Waals surface area contributed by atoms with Crippen LogP contribution in [0.5, 0.6) is 0 Å². The zero-order valence-corrected chi connectivity index (χ0v) is 9.97. The van der Waals surface area contributed by atoms with Crippen LogP contribution in [0.4, 0.5) is 0 Å². The number of aryl methyl sites for hydroxylation is 2. The van der Waals surface area contributed by atoms with Crippen LogP contribution in [0.2, 0.25) is 0 Å². The molecule has 0 fully saturated rings. The molecule has 0 bridgehead atoms. The summed E-state index contributed by atoms with van der Waals surface area (Å²) in [6, 6.07) is 3.27. The molecule has 0 saturated carbocycles. The van der Waals surface area contributed by atoms with Gasteiger partial charge in [0.15, 0.2) is 5.65 Å². The van der Waals surface area contributed by atoms with Crippen molar-refractivity contribution in [3.05, 3.63) is 29.2 Å². The van der Waals surface area contributed by atoms with E-state index in [9.17, 15) is 4.79 Å². The Labute approximate surface area is 99.1 Å². The molecule has 0 saturated heterocycles. The van der Waals surface area contributed by atoms with Gasteiger partial charge < -0.3 is 5.11 Å². The molecule has 90 valence electrons.